The minimum atomic E-state index is -0.605. The van der Waals surface area contributed by atoms with Crippen molar-refractivity contribution in [2.24, 2.45) is 5.73 Å². The van der Waals surface area contributed by atoms with Crippen LogP contribution >= 0.6 is 0 Å². The number of hydrogen-bond donors (Lipinski definition) is 1. The monoisotopic (exact) mass is 206 g/mol. The van der Waals surface area contributed by atoms with Gasteiger partial charge < -0.3 is 10.5 Å². The quantitative estimate of drug-likeness (QED) is 0.580. The molecular weight excluding hydrogens is 192 g/mol. The zero-order chi connectivity index (χ0) is 11.3. The van der Waals surface area contributed by atoms with Crippen LogP contribution < -0.4 is 10.5 Å². The van der Waals surface area contributed by atoms with Crippen LogP contribution in [0.2, 0.25) is 0 Å². The van der Waals surface area contributed by atoms with E-state index in [1.807, 2.05) is 0 Å². The number of pyridine rings is 1. The molecule has 1 rings (SSSR count). The number of methoxy groups -OCH3 is 1. The van der Waals surface area contributed by atoms with Crippen LogP contribution in [0.15, 0.2) is 31.0 Å². The van der Waals surface area contributed by atoms with E-state index in [1.165, 1.54) is 13.3 Å². The predicted molar refractivity (Wildman–Crippen MR) is 57.9 cm³/mol. The summed E-state index contributed by atoms with van der Waals surface area (Å²) in [4.78, 5) is 15.8. The third-order valence-electron chi connectivity index (χ3n) is 1.98. The van der Waals surface area contributed by atoms with E-state index in [4.69, 9.17) is 10.5 Å². The molecule has 0 aliphatic heterocycles. The predicted octanol–water partition coefficient (Wildman–Crippen LogP) is 1.18. The second-order valence-electron chi connectivity index (χ2n) is 3.05. The van der Waals surface area contributed by atoms with Crippen molar-refractivity contribution in [3.05, 3.63) is 36.7 Å². The van der Waals surface area contributed by atoms with E-state index < -0.39 is 6.04 Å². The highest BCUT2D eigenvalue weighted by molar-refractivity contribution is 6.00. The SMILES string of the molecule is C=CCC(N)C(=O)c1ncccc1OC. The maximum atomic E-state index is 11.8. The van der Waals surface area contributed by atoms with Crippen LogP contribution in [0.1, 0.15) is 16.9 Å². The number of aromatic nitrogens is 1. The Labute approximate surface area is 88.8 Å². The lowest BCUT2D eigenvalue weighted by Gasteiger charge is -2.10. The van der Waals surface area contributed by atoms with Gasteiger partial charge in [-0.3, -0.25) is 4.79 Å². The molecule has 0 saturated carbocycles. The largest absolute Gasteiger partial charge is 0.494 e. The minimum Gasteiger partial charge on any atom is -0.494 e. The Kier molecular flexibility index (Phi) is 4.00. The van der Waals surface area contributed by atoms with Gasteiger partial charge in [0.15, 0.2) is 0 Å². The van der Waals surface area contributed by atoms with Crippen molar-refractivity contribution in [2.45, 2.75) is 12.5 Å². The average molecular weight is 206 g/mol. The summed E-state index contributed by atoms with van der Waals surface area (Å²) in [6.07, 6.45) is 3.58. The van der Waals surface area contributed by atoms with E-state index in [2.05, 4.69) is 11.6 Å². The van der Waals surface area contributed by atoms with Crippen molar-refractivity contribution >= 4 is 5.78 Å². The first-order valence-corrected chi connectivity index (χ1v) is 4.60. The van der Waals surface area contributed by atoms with Gasteiger partial charge in [-0.05, 0) is 18.6 Å². The fraction of sp³-hybridized carbons (Fsp3) is 0.273. The number of hydrogen-bond acceptors (Lipinski definition) is 4. The molecule has 80 valence electrons. The molecule has 1 atom stereocenters. The van der Waals surface area contributed by atoms with E-state index in [0.717, 1.165) is 0 Å². The Morgan fingerprint density at radius 1 is 1.80 bits per heavy atom. The molecule has 0 amide bonds. The summed E-state index contributed by atoms with van der Waals surface area (Å²) < 4.78 is 5.03. The Bertz CT molecular complexity index is 363. The first-order valence-electron chi connectivity index (χ1n) is 4.60. The standard InChI is InChI=1S/C11H14N2O2/c1-3-5-8(12)11(14)10-9(15-2)6-4-7-13-10/h3-4,6-8H,1,5,12H2,2H3. The molecule has 0 bridgehead atoms. The van der Waals surface area contributed by atoms with Crippen LogP contribution in [0, 0.1) is 0 Å². The van der Waals surface area contributed by atoms with E-state index in [-0.39, 0.29) is 11.5 Å². The maximum Gasteiger partial charge on any atom is 0.201 e. The number of carbonyl (C=O) groups excluding carboxylic acids is 1. The molecule has 0 saturated heterocycles. The molecule has 0 aliphatic carbocycles. The molecule has 0 radical (unpaired) electrons. The van der Waals surface area contributed by atoms with E-state index >= 15 is 0 Å². The van der Waals surface area contributed by atoms with Crippen LogP contribution in [-0.4, -0.2) is 23.9 Å². The normalized spacial score (nSPS) is 11.9. The zero-order valence-corrected chi connectivity index (χ0v) is 8.64. The van der Waals surface area contributed by atoms with Gasteiger partial charge in [0.25, 0.3) is 0 Å². The lowest BCUT2D eigenvalue weighted by atomic mass is 10.1. The number of nitrogens with two attached hydrogens (primary N) is 1. The van der Waals surface area contributed by atoms with Crippen LogP contribution in [0.25, 0.3) is 0 Å². The summed E-state index contributed by atoms with van der Waals surface area (Å²) >= 11 is 0. The zero-order valence-electron chi connectivity index (χ0n) is 8.64. The summed E-state index contributed by atoms with van der Waals surface area (Å²) in [6, 6.07) is 2.78. The lowest BCUT2D eigenvalue weighted by molar-refractivity contribution is 0.0954. The maximum absolute atomic E-state index is 11.8. The highest BCUT2D eigenvalue weighted by atomic mass is 16.5. The van der Waals surface area contributed by atoms with Crippen molar-refractivity contribution in [3.63, 3.8) is 0 Å². The fourth-order valence-electron chi connectivity index (χ4n) is 1.20. The highest BCUT2D eigenvalue weighted by Gasteiger charge is 2.19. The van der Waals surface area contributed by atoms with Crippen molar-refractivity contribution in [3.8, 4) is 5.75 Å². The minimum absolute atomic E-state index is 0.229. The second-order valence-corrected chi connectivity index (χ2v) is 3.05. The average Bonchev–Trinajstić information content (AvgIpc) is 2.28. The van der Waals surface area contributed by atoms with Crippen LogP contribution in [-0.2, 0) is 0 Å². The number of ether oxygens (including phenoxy) is 1. The fourth-order valence-corrected chi connectivity index (χ4v) is 1.20. The first-order chi connectivity index (χ1) is 7.20. The van der Waals surface area contributed by atoms with Crippen molar-refractivity contribution in [2.75, 3.05) is 7.11 Å². The summed E-state index contributed by atoms with van der Waals surface area (Å²) in [5.74, 6) is 0.217. The molecule has 4 heteroatoms. The van der Waals surface area contributed by atoms with E-state index in [9.17, 15) is 4.79 Å². The summed E-state index contributed by atoms with van der Waals surface area (Å²) in [5.41, 5.74) is 5.94. The third kappa shape index (κ3) is 2.63. The van der Waals surface area contributed by atoms with Gasteiger partial charge in [0, 0.05) is 6.20 Å². The van der Waals surface area contributed by atoms with Gasteiger partial charge in [-0.2, -0.15) is 0 Å². The topological polar surface area (TPSA) is 65.2 Å². The lowest BCUT2D eigenvalue weighted by Crippen LogP contribution is -2.30. The van der Waals surface area contributed by atoms with Crippen LogP contribution in [0.3, 0.4) is 0 Å². The number of ketones is 1. The molecule has 2 N–H and O–H groups in total. The molecule has 15 heavy (non-hydrogen) atoms. The number of rotatable bonds is 5. The van der Waals surface area contributed by atoms with Crippen LogP contribution in [0.5, 0.6) is 5.75 Å². The smallest absolute Gasteiger partial charge is 0.201 e. The molecule has 1 unspecified atom stereocenters. The van der Waals surface area contributed by atoms with Gasteiger partial charge in [-0.25, -0.2) is 4.98 Å². The number of carbonyl (C=O) groups is 1. The van der Waals surface area contributed by atoms with Crippen molar-refractivity contribution in [1.29, 1.82) is 0 Å². The second kappa shape index (κ2) is 5.26. The van der Waals surface area contributed by atoms with Crippen molar-refractivity contribution < 1.29 is 9.53 Å². The molecule has 1 aromatic heterocycles. The summed E-state index contributed by atoms with van der Waals surface area (Å²) in [6.45, 7) is 3.54. The number of Topliss-reactive ketones (excluding diaryl/α,β-unsaturated/α-hetero) is 1. The molecule has 0 spiro atoms. The van der Waals surface area contributed by atoms with Gasteiger partial charge >= 0.3 is 0 Å². The molecule has 0 aromatic carbocycles. The van der Waals surface area contributed by atoms with Crippen molar-refractivity contribution in [1.82, 2.24) is 4.98 Å². The third-order valence-corrected chi connectivity index (χ3v) is 1.98. The highest BCUT2D eigenvalue weighted by Crippen LogP contribution is 2.16. The Balaban J connectivity index is 2.94. The molecular formula is C11H14N2O2. The molecule has 0 fully saturated rings. The van der Waals surface area contributed by atoms with E-state index in [1.54, 1.807) is 18.2 Å². The van der Waals surface area contributed by atoms with Gasteiger partial charge in [0.2, 0.25) is 5.78 Å². The number of nitrogens with zero attached hydrogens (tertiary/aromatic N) is 1. The Hall–Kier alpha value is -1.68. The molecule has 4 nitrogen and oxygen atoms in total. The Morgan fingerprint density at radius 3 is 3.13 bits per heavy atom. The van der Waals surface area contributed by atoms with Gasteiger partial charge in [0.1, 0.15) is 11.4 Å². The molecule has 1 aromatic rings. The summed E-state index contributed by atoms with van der Waals surface area (Å²) in [7, 11) is 1.49. The van der Waals surface area contributed by atoms with Gasteiger partial charge in [-0.1, -0.05) is 6.08 Å². The van der Waals surface area contributed by atoms with E-state index in [0.29, 0.717) is 12.2 Å². The van der Waals surface area contributed by atoms with Crippen LogP contribution in [0.4, 0.5) is 0 Å². The molecule has 1 heterocycles. The first kappa shape index (κ1) is 11.4. The van der Waals surface area contributed by atoms with Gasteiger partial charge in [0.05, 0.1) is 13.2 Å². The van der Waals surface area contributed by atoms with Gasteiger partial charge in [-0.15, -0.1) is 6.58 Å². The Morgan fingerprint density at radius 2 is 2.53 bits per heavy atom. The molecule has 0 aliphatic rings. The summed E-state index contributed by atoms with van der Waals surface area (Å²) in [5, 5.41) is 0.